The van der Waals surface area contributed by atoms with Crippen LogP contribution in [0.15, 0.2) is 79.3 Å². The number of para-hydroxylation sites is 1. The smallest absolute Gasteiger partial charge is 0.183 e. The van der Waals surface area contributed by atoms with E-state index < -0.39 is 0 Å². The molecule has 0 aliphatic carbocycles. The highest BCUT2D eigenvalue weighted by Gasteiger charge is 2.21. The standard InChI is InChI=1S/C25H21FN6O/c1-16(18-7-3-5-9-20(18)26)32-21-10-6-4-8-19(21)23(31-32)25-28-15-22(33-2)24(30-25)29-17-11-13-27-14-12-17/h3-16H,1-2H3,(H,27,28,29,30). The number of nitrogens with zero attached hydrogens (tertiary/aromatic N) is 5. The second-order valence-corrected chi connectivity index (χ2v) is 7.48. The van der Waals surface area contributed by atoms with Crippen molar-refractivity contribution < 1.29 is 9.13 Å². The molecule has 0 fully saturated rings. The summed E-state index contributed by atoms with van der Waals surface area (Å²) in [6.45, 7) is 1.92. The second kappa shape index (κ2) is 8.66. The molecule has 5 aromatic rings. The summed E-state index contributed by atoms with van der Waals surface area (Å²) in [5.74, 6) is 1.17. The van der Waals surface area contributed by atoms with Crippen LogP contribution in [-0.2, 0) is 0 Å². The van der Waals surface area contributed by atoms with E-state index in [-0.39, 0.29) is 11.9 Å². The van der Waals surface area contributed by atoms with Crippen LogP contribution in [0.2, 0.25) is 0 Å². The zero-order chi connectivity index (χ0) is 22.8. The van der Waals surface area contributed by atoms with Crippen molar-refractivity contribution in [1.29, 1.82) is 0 Å². The summed E-state index contributed by atoms with van der Waals surface area (Å²) in [6, 6.07) is 17.9. The molecule has 3 heterocycles. The fourth-order valence-electron chi connectivity index (χ4n) is 3.79. The van der Waals surface area contributed by atoms with Gasteiger partial charge in [-0.2, -0.15) is 5.10 Å². The van der Waals surface area contributed by atoms with Gasteiger partial charge in [-0.1, -0.05) is 36.4 Å². The molecule has 2 aromatic carbocycles. The second-order valence-electron chi connectivity index (χ2n) is 7.48. The summed E-state index contributed by atoms with van der Waals surface area (Å²) >= 11 is 0. The van der Waals surface area contributed by atoms with Gasteiger partial charge in [0.25, 0.3) is 0 Å². The summed E-state index contributed by atoms with van der Waals surface area (Å²) < 4.78 is 21.8. The molecule has 0 saturated heterocycles. The summed E-state index contributed by atoms with van der Waals surface area (Å²) in [7, 11) is 1.57. The van der Waals surface area contributed by atoms with Crippen molar-refractivity contribution in [3.05, 3.63) is 90.6 Å². The predicted molar refractivity (Wildman–Crippen MR) is 125 cm³/mol. The van der Waals surface area contributed by atoms with Crippen molar-refractivity contribution >= 4 is 22.4 Å². The Morgan fingerprint density at radius 1 is 1.00 bits per heavy atom. The quantitative estimate of drug-likeness (QED) is 0.382. The number of pyridine rings is 1. The first kappa shape index (κ1) is 20.6. The fourth-order valence-corrected chi connectivity index (χ4v) is 3.79. The van der Waals surface area contributed by atoms with E-state index in [9.17, 15) is 4.39 Å². The topological polar surface area (TPSA) is 77.8 Å². The summed E-state index contributed by atoms with van der Waals surface area (Å²) in [5.41, 5.74) is 2.85. The van der Waals surface area contributed by atoms with Crippen LogP contribution in [0.25, 0.3) is 22.4 Å². The molecule has 0 radical (unpaired) electrons. The number of nitrogens with one attached hydrogen (secondary N) is 1. The third kappa shape index (κ3) is 3.87. The van der Waals surface area contributed by atoms with Gasteiger partial charge in [0.15, 0.2) is 17.4 Å². The van der Waals surface area contributed by atoms with Crippen LogP contribution in [0.5, 0.6) is 5.75 Å². The maximum Gasteiger partial charge on any atom is 0.183 e. The Morgan fingerprint density at radius 3 is 2.55 bits per heavy atom. The van der Waals surface area contributed by atoms with Crippen LogP contribution in [0.3, 0.4) is 0 Å². The first-order chi connectivity index (χ1) is 16.2. The first-order valence-corrected chi connectivity index (χ1v) is 10.5. The van der Waals surface area contributed by atoms with E-state index in [1.165, 1.54) is 6.07 Å². The molecule has 0 bridgehead atoms. The van der Waals surface area contributed by atoms with Gasteiger partial charge in [0.05, 0.1) is 24.9 Å². The molecule has 1 unspecified atom stereocenters. The number of anilines is 2. The summed E-state index contributed by atoms with van der Waals surface area (Å²) in [4.78, 5) is 13.2. The van der Waals surface area contributed by atoms with Crippen molar-refractivity contribution in [2.75, 3.05) is 12.4 Å². The monoisotopic (exact) mass is 440 g/mol. The highest BCUT2D eigenvalue weighted by molar-refractivity contribution is 5.92. The molecular formula is C25H21FN6O. The number of rotatable bonds is 6. The minimum atomic E-state index is -0.322. The van der Waals surface area contributed by atoms with Gasteiger partial charge < -0.3 is 10.1 Å². The van der Waals surface area contributed by atoms with E-state index in [2.05, 4.69) is 15.3 Å². The van der Waals surface area contributed by atoms with Gasteiger partial charge in [-0.3, -0.25) is 9.67 Å². The molecule has 5 rings (SSSR count). The highest BCUT2D eigenvalue weighted by atomic mass is 19.1. The van der Waals surface area contributed by atoms with E-state index in [0.29, 0.717) is 28.6 Å². The molecule has 1 atom stereocenters. The number of halogens is 1. The highest BCUT2D eigenvalue weighted by Crippen LogP contribution is 2.33. The number of benzene rings is 2. The third-order valence-corrected chi connectivity index (χ3v) is 5.47. The largest absolute Gasteiger partial charge is 0.491 e. The average Bonchev–Trinajstić information content (AvgIpc) is 3.24. The Hall–Kier alpha value is -4.33. The minimum Gasteiger partial charge on any atom is -0.491 e. The molecule has 7 nitrogen and oxygen atoms in total. The van der Waals surface area contributed by atoms with Crippen LogP contribution >= 0.6 is 0 Å². The van der Waals surface area contributed by atoms with E-state index in [1.807, 2.05) is 54.1 Å². The van der Waals surface area contributed by atoms with Crippen LogP contribution in [0, 0.1) is 5.82 Å². The lowest BCUT2D eigenvalue weighted by atomic mass is 10.1. The van der Waals surface area contributed by atoms with Gasteiger partial charge in [0.2, 0.25) is 0 Å². The normalized spacial score (nSPS) is 12.0. The van der Waals surface area contributed by atoms with E-state index >= 15 is 0 Å². The molecule has 0 amide bonds. The zero-order valence-corrected chi connectivity index (χ0v) is 18.1. The third-order valence-electron chi connectivity index (χ3n) is 5.47. The lowest BCUT2D eigenvalue weighted by molar-refractivity contribution is 0.413. The maximum atomic E-state index is 14.5. The summed E-state index contributed by atoms with van der Waals surface area (Å²) in [6.07, 6.45) is 4.99. The van der Waals surface area contributed by atoms with E-state index in [4.69, 9.17) is 14.8 Å². The van der Waals surface area contributed by atoms with Gasteiger partial charge in [0.1, 0.15) is 11.5 Å². The molecule has 0 aliphatic rings. The van der Waals surface area contributed by atoms with E-state index in [0.717, 1.165) is 16.6 Å². The SMILES string of the molecule is COc1cnc(-c2nn(C(C)c3ccccc3F)c3ccccc23)nc1Nc1ccncc1. The van der Waals surface area contributed by atoms with Gasteiger partial charge in [-0.15, -0.1) is 0 Å². The maximum absolute atomic E-state index is 14.5. The lowest BCUT2D eigenvalue weighted by Crippen LogP contribution is -2.10. The molecule has 164 valence electrons. The number of fused-ring (bicyclic) bond motifs is 1. The number of ether oxygens (including phenoxy) is 1. The minimum absolute atomic E-state index is 0.268. The van der Waals surface area contributed by atoms with Gasteiger partial charge in [0, 0.05) is 29.0 Å². The molecule has 1 N–H and O–H groups in total. The molecule has 0 aliphatic heterocycles. The van der Waals surface area contributed by atoms with Crippen LogP contribution in [0.1, 0.15) is 18.5 Å². The van der Waals surface area contributed by atoms with Gasteiger partial charge in [-0.25, -0.2) is 14.4 Å². The molecular weight excluding hydrogens is 419 g/mol. The average molecular weight is 440 g/mol. The predicted octanol–water partition coefficient (Wildman–Crippen LogP) is 5.39. The van der Waals surface area contributed by atoms with Gasteiger partial charge in [-0.05, 0) is 31.2 Å². The zero-order valence-electron chi connectivity index (χ0n) is 18.1. The Labute approximate surface area is 189 Å². The van der Waals surface area contributed by atoms with Crippen LogP contribution in [0.4, 0.5) is 15.9 Å². The lowest BCUT2D eigenvalue weighted by Gasteiger charge is -2.14. The Kier molecular flexibility index (Phi) is 5.40. The Bertz CT molecular complexity index is 1420. The Balaban J connectivity index is 1.62. The number of hydrogen-bond donors (Lipinski definition) is 1. The molecule has 0 spiro atoms. The van der Waals surface area contributed by atoms with Crippen molar-refractivity contribution in [1.82, 2.24) is 24.7 Å². The Morgan fingerprint density at radius 2 is 1.76 bits per heavy atom. The molecule has 0 saturated carbocycles. The number of methoxy groups -OCH3 is 1. The first-order valence-electron chi connectivity index (χ1n) is 10.5. The summed E-state index contributed by atoms with van der Waals surface area (Å²) in [5, 5.41) is 8.95. The van der Waals surface area contributed by atoms with Crippen LogP contribution in [-0.4, -0.2) is 31.8 Å². The molecule has 8 heteroatoms. The van der Waals surface area contributed by atoms with Crippen LogP contribution < -0.4 is 10.1 Å². The number of aromatic nitrogens is 5. The van der Waals surface area contributed by atoms with Gasteiger partial charge >= 0.3 is 0 Å². The van der Waals surface area contributed by atoms with E-state index in [1.54, 1.807) is 37.8 Å². The van der Waals surface area contributed by atoms with Crippen molar-refractivity contribution in [2.24, 2.45) is 0 Å². The molecule has 3 aromatic heterocycles. The van der Waals surface area contributed by atoms with Crippen molar-refractivity contribution in [3.63, 3.8) is 0 Å². The van der Waals surface area contributed by atoms with Crippen molar-refractivity contribution in [3.8, 4) is 17.3 Å². The molecule has 33 heavy (non-hydrogen) atoms. The fraction of sp³-hybridized carbons (Fsp3) is 0.120. The number of hydrogen-bond acceptors (Lipinski definition) is 6. The van der Waals surface area contributed by atoms with Crippen molar-refractivity contribution in [2.45, 2.75) is 13.0 Å².